The third-order valence-electron chi connectivity index (χ3n) is 3.50. The third kappa shape index (κ3) is 3.01. The molecule has 0 bridgehead atoms. The second kappa shape index (κ2) is 5.13. The molecule has 0 saturated heterocycles. The van der Waals surface area contributed by atoms with Crippen LogP contribution in [0.25, 0.3) is 0 Å². The summed E-state index contributed by atoms with van der Waals surface area (Å²) in [7, 11) is 0. The van der Waals surface area contributed by atoms with Gasteiger partial charge in [-0.05, 0) is 25.8 Å². The van der Waals surface area contributed by atoms with E-state index in [0.29, 0.717) is 18.2 Å². The molecule has 1 aromatic heterocycles. The fourth-order valence-electron chi connectivity index (χ4n) is 2.16. The average molecular weight is 259 g/mol. The maximum absolute atomic E-state index is 13.6. The molecule has 1 saturated carbocycles. The molecule has 3 nitrogen and oxygen atoms in total. The van der Waals surface area contributed by atoms with Gasteiger partial charge in [-0.1, -0.05) is 18.2 Å². The lowest BCUT2D eigenvalue weighted by molar-refractivity contribution is 0.583. The number of nitrogens with zero attached hydrogens (tertiary/aromatic N) is 2. The van der Waals surface area contributed by atoms with Crippen molar-refractivity contribution in [3.63, 3.8) is 0 Å². The molecule has 1 N–H and O–H groups in total. The zero-order valence-corrected chi connectivity index (χ0v) is 11.1. The van der Waals surface area contributed by atoms with Crippen molar-refractivity contribution in [3.8, 4) is 0 Å². The van der Waals surface area contributed by atoms with Crippen LogP contribution in [-0.2, 0) is 13.1 Å². The Labute approximate surface area is 112 Å². The van der Waals surface area contributed by atoms with Crippen LogP contribution in [0.1, 0.15) is 29.7 Å². The van der Waals surface area contributed by atoms with Gasteiger partial charge >= 0.3 is 0 Å². The lowest BCUT2D eigenvalue weighted by atomic mass is 10.2. The molecule has 19 heavy (non-hydrogen) atoms. The van der Waals surface area contributed by atoms with E-state index in [1.807, 2.05) is 23.9 Å². The number of aromatic nitrogens is 2. The number of benzene rings is 1. The highest BCUT2D eigenvalue weighted by Gasteiger charge is 2.20. The van der Waals surface area contributed by atoms with E-state index >= 15 is 0 Å². The van der Waals surface area contributed by atoms with Crippen molar-refractivity contribution < 1.29 is 4.39 Å². The van der Waals surface area contributed by atoms with Crippen LogP contribution in [0, 0.1) is 12.7 Å². The SMILES string of the molecule is Cc1nn(Cc2ccccc2F)cc1CNC1CC1. The van der Waals surface area contributed by atoms with Gasteiger partial charge in [-0.2, -0.15) is 5.10 Å². The Bertz CT molecular complexity index is 573. The van der Waals surface area contributed by atoms with E-state index in [0.717, 1.165) is 12.2 Å². The molecule has 0 atom stereocenters. The highest BCUT2D eigenvalue weighted by molar-refractivity contribution is 5.20. The van der Waals surface area contributed by atoms with E-state index < -0.39 is 0 Å². The zero-order chi connectivity index (χ0) is 13.2. The molecule has 4 heteroatoms. The van der Waals surface area contributed by atoms with Crippen molar-refractivity contribution in [3.05, 3.63) is 53.1 Å². The van der Waals surface area contributed by atoms with Crippen LogP contribution in [0.3, 0.4) is 0 Å². The Morgan fingerprint density at radius 3 is 2.84 bits per heavy atom. The topological polar surface area (TPSA) is 29.9 Å². The molecule has 100 valence electrons. The van der Waals surface area contributed by atoms with Crippen LogP contribution in [0.4, 0.5) is 4.39 Å². The minimum atomic E-state index is -0.173. The van der Waals surface area contributed by atoms with Crippen LogP contribution >= 0.6 is 0 Å². The molecule has 1 heterocycles. The summed E-state index contributed by atoms with van der Waals surface area (Å²) in [5.41, 5.74) is 2.89. The second-order valence-electron chi connectivity index (χ2n) is 5.18. The van der Waals surface area contributed by atoms with Gasteiger partial charge in [0.25, 0.3) is 0 Å². The standard InChI is InChI=1S/C15H18FN3/c1-11-13(8-17-14-6-7-14)10-19(18-11)9-12-4-2-3-5-15(12)16/h2-5,10,14,17H,6-9H2,1H3. The summed E-state index contributed by atoms with van der Waals surface area (Å²) in [5.74, 6) is -0.173. The molecule has 0 unspecified atom stereocenters. The summed E-state index contributed by atoms with van der Waals surface area (Å²) in [6.07, 6.45) is 4.57. The van der Waals surface area contributed by atoms with Gasteiger partial charge in [0.15, 0.2) is 0 Å². The Kier molecular flexibility index (Phi) is 3.34. The molecule has 1 fully saturated rings. The van der Waals surface area contributed by atoms with E-state index in [4.69, 9.17) is 0 Å². The number of hydrogen-bond acceptors (Lipinski definition) is 2. The summed E-state index contributed by atoms with van der Waals surface area (Å²) in [4.78, 5) is 0. The number of aryl methyl sites for hydroxylation is 1. The highest BCUT2D eigenvalue weighted by Crippen LogP contribution is 2.20. The molecule has 2 aromatic rings. The third-order valence-corrected chi connectivity index (χ3v) is 3.50. The van der Waals surface area contributed by atoms with Gasteiger partial charge in [0.05, 0.1) is 12.2 Å². The minimum Gasteiger partial charge on any atom is -0.310 e. The maximum atomic E-state index is 13.6. The Morgan fingerprint density at radius 2 is 2.11 bits per heavy atom. The van der Waals surface area contributed by atoms with Crippen molar-refractivity contribution in [2.24, 2.45) is 0 Å². The van der Waals surface area contributed by atoms with Gasteiger partial charge in [0, 0.05) is 29.9 Å². The molecule has 3 rings (SSSR count). The van der Waals surface area contributed by atoms with E-state index in [1.165, 1.54) is 24.5 Å². The fraction of sp³-hybridized carbons (Fsp3) is 0.400. The first kappa shape index (κ1) is 12.4. The summed E-state index contributed by atoms with van der Waals surface area (Å²) < 4.78 is 15.4. The molecule has 0 amide bonds. The van der Waals surface area contributed by atoms with Gasteiger partial charge in [0.2, 0.25) is 0 Å². The largest absolute Gasteiger partial charge is 0.310 e. The minimum absolute atomic E-state index is 0.173. The molecular formula is C15H18FN3. The Hall–Kier alpha value is -1.68. The summed E-state index contributed by atoms with van der Waals surface area (Å²) >= 11 is 0. The van der Waals surface area contributed by atoms with Gasteiger partial charge in [0.1, 0.15) is 5.82 Å². The van der Waals surface area contributed by atoms with Gasteiger partial charge < -0.3 is 5.32 Å². The number of nitrogens with one attached hydrogen (secondary N) is 1. The van der Waals surface area contributed by atoms with Crippen molar-refractivity contribution in [1.82, 2.24) is 15.1 Å². The number of halogens is 1. The van der Waals surface area contributed by atoms with Gasteiger partial charge in [-0.3, -0.25) is 4.68 Å². The Balaban J connectivity index is 1.70. The lowest BCUT2D eigenvalue weighted by Gasteiger charge is -2.03. The summed E-state index contributed by atoms with van der Waals surface area (Å²) in [5, 5.41) is 7.93. The molecule has 0 aliphatic heterocycles. The molecule has 1 aliphatic rings. The van der Waals surface area contributed by atoms with E-state index in [2.05, 4.69) is 10.4 Å². The first-order valence-corrected chi connectivity index (χ1v) is 6.72. The van der Waals surface area contributed by atoms with Crippen molar-refractivity contribution in [1.29, 1.82) is 0 Å². The summed E-state index contributed by atoms with van der Waals surface area (Å²) in [6.45, 7) is 3.34. The van der Waals surface area contributed by atoms with Gasteiger partial charge in [-0.25, -0.2) is 4.39 Å². The predicted octanol–water partition coefficient (Wildman–Crippen LogP) is 2.63. The molecule has 1 aliphatic carbocycles. The molecule has 1 aromatic carbocycles. The summed E-state index contributed by atoms with van der Waals surface area (Å²) in [6, 6.07) is 7.53. The first-order chi connectivity index (χ1) is 9.22. The Morgan fingerprint density at radius 1 is 1.32 bits per heavy atom. The van der Waals surface area contributed by atoms with Crippen LogP contribution in [0.5, 0.6) is 0 Å². The maximum Gasteiger partial charge on any atom is 0.128 e. The van der Waals surface area contributed by atoms with Gasteiger partial charge in [-0.15, -0.1) is 0 Å². The smallest absolute Gasteiger partial charge is 0.128 e. The lowest BCUT2D eigenvalue weighted by Crippen LogP contribution is -2.15. The molecule has 0 radical (unpaired) electrons. The van der Waals surface area contributed by atoms with Crippen molar-refractivity contribution >= 4 is 0 Å². The number of rotatable bonds is 5. The predicted molar refractivity (Wildman–Crippen MR) is 72.3 cm³/mol. The first-order valence-electron chi connectivity index (χ1n) is 6.72. The van der Waals surface area contributed by atoms with E-state index in [1.54, 1.807) is 12.1 Å². The monoisotopic (exact) mass is 259 g/mol. The van der Waals surface area contributed by atoms with Crippen LogP contribution in [-0.4, -0.2) is 15.8 Å². The van der Waals surface area contributed by atoms with Crippen molar-refractivity contribution in [2.75, 3.05) is 0 Å². The zero-order valence-electron chi connectivity index (χ0n) is 11.1. The van der Waals surface area contributed by atoms with E-state index in [-0.39, 0.29) is 5.82 Å². The van der Waals surface area contributed by atoms with Crippen molar-refractivity contribution in [2.45, 2.75) is 38.9 Å². The van der Waals surface area contributed by atoms with Crippen LogP contribution in [0.2, 0.25) is 0 Å². The number of hydrogen-bond donors (Lipinski definition) is 1. The van der Waals surface area contributed by atoms with Crippen LogP contribution < -0.4 is 5.32 Å². The highest BCUT2D eigenvalue weighted by atomic mass is 19.1. The average Bonchev–Trinajstić information content (AvgIpc) is 3.15. The van der Waals surface area contributed by atoms with E-state index in [9.17, 15) is 4.39 Å². The van der Waals surface area contributed by atoms with Crippen LogP contribution in [0.15, 0.2) is 30.5 Å². The second-order valence-corrected chi connectivity index (χ2v) is 5.18. The quantitative estimate of drug-likeness (QED) is 0.894. The normalized spacial score (nSPS) is 14.8. The molecule has 0 spiro atoms. The fourth-order valence-corrected chi connectivity index (χ4v) is 2.16. The molecular weight excluding hydrogens is 241 g/mol.